The number of hydrogen-bond acceptors (Lipinski definition) is 2. The Labute approximate surface area is 112 Å². The monoisotopic (exact) mass is 248 g/mol. The molecule has 18 heavy (non-hydrogen) atoms. The molecule has 0 fully saturated rings. The molecule has 0 saturated carbocycles. The van der Waals surface area contributed by atoms with E-state index in [1.165, 1.54) is 27.8 Å². The summed E-state index contributed by atoms with van der Waals surface area (Å²) in [5.41, 5.74) is 13.1. The zero-order chi connectivity index (χ0) is 13.9. The average Bonchev–Trinajstić information content (AvgIpc) is 2.25. The molecule has 2 heteroatoms. The van der Waals surface area contributed by atoms with Crippen molar-refractivity contribution >= 4 is 0 Å². The Morgan fingerprint density at radius 3 is 2.06 bits per heavy atom. The molecule has 2 N–H and O–H groups in total. The summed E-state index contributed by atoms with van der Waals surface area (Å²) in [6.07, 6.45) is 1.11. The molecule has 0 radical (unpaired) electrons. The first kappa shape index (κ1) is 15.2. The van der Waals surface area contributed by atoms with Crippen molar-refractivity contribution in [1.82, 2.24) is 4.90 Å². The van der Waals surface area contributed by atoms with Crippen molar-refractivity contribution in [3.63, 3.8) is 0 Å². The lowest BCUT2D eigenvalue weighted by molar-refractivity contribution is 0.320. The third-order valence-corrected chi connectivity index (χ3v) is 3.86. The fourth-order valence-corrected chi connectivity index (χ4v) is 2.56. The highest BCUT2D eigenvalue weighted by Gasteiger charge is 2.09. The van der Waals surface area contributed by atoms with E-state index in [1.807, 2.05) is 0 Å². The zero-order valence-corrected chi connectivity index (χ0v) is 12.8. The van der Waals surface area contributed by atoms with Gasteiger partial charge in [0.05, 0.1) is 0 Å². The van der Waals surface area contributed by atoms with Gasteiger partial charge in [-0.15, -0.1) is 0 Å². The third-order valence-electron chi connectivity index (χ3n) is 3.86. The van der Waals surface area contributed by atoms with Crippen LogP contribution in [0.25, 0.3) is 0 Å². The van der Waals surface area contributed by atoms with Gasteiger partial charge in [0, 0.05) is 19.1 Å². The number of hydrogen-bond donors (Lipinski definition) is 1. The van der Waals surface area contributed by atoms with Crippen LogP contribution in [0.3, 0.4) is 0 Å². The Balaban J connectivity index is 2.79. The minimum atomic E-state index is 0.247. The van der Waals surface area contributed by atoms with E-state index >= 15 is 0 Å². The van der Waals surface area contributed by atoms with E-state index in [9.17, 15) is 0 Å². The smallest absolute Gasteiger partial charge is 0.0139 e. The number of benzene rings is 1. The van der Waals surface area contributed by atoms with Gasteiger partial charge < -0.3 is 10.6 Å². The van der Waals surface area contributed by atoms with Crippen molar-refractivity contribution in [3.8, 4) is 0 Å². The van der Waals surface area contributed by atoms with Gasteiger partial charge in [-0.2, -0.15) is 0 Å². The van der Waals surface area contributed by atoms with Crippen LogP contribution in [-0.2, 0) is 6.42 Å². The SMILES string of the molecule is Cc1cc(C)c(C)c(CCN(C)CC(C)N)c1C. The predicted octanol–water partition coefficient (Wildman–Crippen LogP) is 2.74. The van der Waals surface area contributed by atoms with Crippen LogP contribution < -0.4 is 5.73 Å². The molecule has 0 heterocycles. The molecule has 0 spiro atoms. The molecular formula is C16H28N2. The van der Waals surface area contributed by atoms with Crippen molar-refractivity contribution in [3.05, 3.63) is 33.9 Å². The third kappa shape index (κ3) is 3.82. The molecule has 1 aromatic carbocycles. The molecule has 1 unspecified atom stereocenters. The van der Waals surface area contributed by atoms with Crippen LogP contribution in [-0.4, -0.2) is 31.1 Å². The van der Waals surface area contributed by atoms with Gasteiger partial charge in [0.15, 0.2) is 0 Å². The molecule has 0 aliphatic rings. The van der Waals surface area contributed by atoms with Gasteiger partial charge in [-0.25, -0.2) is 0 Å². The Bertz CT molecular complexity index is 382. The number of nitrogens with zero attached hydrogens (tertiary/aromatic N) is 1. The van der Waals surface area contributed by atoms with Crippen molar-refractivity contribution < 1.29 is 0 Å². The van der Waals surface area contributed by atoms with Gasteiger partial charge in [-0.05, 0) is 75.9 Å². The van der Waals surface area contributed by atoms with E-state index in [-0.39, 0.29) is 6.04 Å². The Kier molecular flexibility index (Phi) is 5.36. The summed E-state index contributed by atoms with van der Waals surface area (Å²) in [7, 11) is 2.15. The maximum absolute atomic E-state index is 5.83. The molecule has 1 aromatic rings. The van der Waals surface area contributed by atoms with Crippen LogP contribution in [0.1, 0.15) is 34.7 Å². The van der Waals surface area contributed by atoms with Crippen molar-refractivity contribution in [2.75, 3.05) is 20.1 Å². The van der Waals surface area contributed by atoms with Gasteiger partial charge in [-0.1, -0.05) is 6.07 Å². The molecule has 0 saturated heterocycles. The van der Waals surface area contributed by atoms with Crippen LogP contribution in [0.4, 0.5) is 0 Å². The fourth-order valence-electron chi connectivity index (χ4n) is 2.56. The summed E-state index contributed by atoms with van der Waals surface area (Å²) in [5, 5.41) is 0. The van der Waals surface area contributed by atoms with Crippen LogP contribution in [0.5, 0.6) is 0 Å². The van der Waals surface area contributed by atoms with Crippen molar-refractivity contribution in [2.24, 2.45) is 5.73 Å². The molecule has 0 aromatic heterocycles. The number of aryl methyl sites for hydroxylation is 2. The molecule has 2 nitrogen and oxygen atoms in total. The molecule has 1 atom stereocenters. The summed E-state index contributed by atoms with van der Waals surface area (Å²) in [6.45, 7) is 13.0. The zero-order valence-electron chi connectivity index (χ0n) is 12.8. The number of nitrogens with two attached hydrogens (primary N) is 1. The van der Waals surface area contributed by atoms with Crippen molar-refractivity contribution in [2.45, 2.75) is 47.1 Å². The minimum Gasteiger partial charge on any atom is -0.327 e. The normalized spacial score (nSPS) is 13.1. The maximum atomic E-state index is 5.83. The van der Waals surface area contributed by atoms with E-state index in [0.29, 0.717) is 0 Å². The predicted molar refractivity (Wildman–Crippen MR) is 80.2 cm³/mol. The van der Waals surface area contributed by atoms with E-state index in [2.05, 4.69) is 52.6 Å². The first-order valence-electron chi connectivity index (χ1n) is 6.83. The highest BCUT2D eigenvalue weighted by Crippen LogP contribution is 2.22. The van der Waals surface area contributed by atoms with Gasteiger partial charge in [-0.3, -0.25) is 0 Å². The minimum absolute atomic E-state index is 0.247. The molecule has 102 valence electrons. The lowest BCUT2D eigenvalue weighted by Crippen LogP contribution is -2.34. The second kappa shape index (κ2) is 6.35. The Morgan fingerprint density at radius 1 is 1.11 bits per heavy atom. The number of likely N-dealkylation sites (N-methyl/N-ethyl adjacent to an activating group) is 1. The van der Waals surface area contributed by atoms with Gasteiger partial charge in [0.1, 0.15) is 0 Å². The van der Waals surface area contributed by atoms with E-state index in [0.717, 1.165) is 19.5 Å². The van der Waals surface area contributed by atoms with E-state index in [1.54, 1.807) is 0 Å². The topological polar surface area (TPSA) is 29.3 Å². The molecule has 0 aliphatic carbocycles. The summed E-state index contributed by atoms with van der Waals surface area (Å²) in [4.78, 5) is 2.32. The molecule has 0 bridgehead atoms. The Hall–Kier alpha value is -0.860. The van der Waals surface area contributed by atoms with Crippen LogP contribution in [0, 0.1) is 27.7 Å². The number of rotatable bonds is 5. The standard InChI is InChI=1S/C16H28N2/c1-11-9-12(2)15(5)16(14(11)4)7-8-18(6)10-13(3)17/h9,13H,7-8,10,17H2,1-6H3. The highest BCUT2D eigenvalue weighted by molar-refractivity contribution is 5.44. The summed E-state index contributed by atoms with van der Waals surface area (Å²) in [5.74, 6) is 0. The van der Waals surface area contributed by atoms with Crippen LogP contribution >= 0.6 is 0 Å². The van der Waals surface area contributed by atoms with Gasteiger partial charge in [0.2, 0.25) is 0 Å². The van der Waals surface area contributed by atoms with Crippen LogP contribution in [0.2, 0.25) is 0 Å². The molecule has 0 aliphatic heterocycles. The van der Waals surface area contributed by atoms with Crippen molar-refractivity contribution in [1.29, 1.82) is 0 Å². The fraction of sp³-hybridized carbons (Fsp3) is 0.625. The molecule has 1 rings (SSSR count). The summed E-state index contributed by atoms with van der Waals surface area (Å²) >= 11 is 0. The lowest BCUT2D eigenvalue weighted by Gasteiger charge is -2.21. The highest BCUT2D eigenvalue weighted by atomic mass is 15.1. The van der Waals surface area contributed by atoms with E-state index < -0.39 is 0 Å². The summed E-state index contributed by atoms with van der Waals surface area (Å²) in [6, 6.07) is 2.54. The Morgan fingerprint density at radius 2 is 1.61 bits per heavy atom. The average molecular weight is 248 g/mol. The molecular weight excluding hydrogens is 220 g/mol. The van der Waals surface area contributed by atoms with Gasteiger partial charge >= 0.3 is 0 Å². The first-order chi connectivity index (χ1) is 8.32. The molecule has 0 amide bonds. The van der Waals surface area contributed by atoms with Gasteiger partial charge in [0.25, 0.3) is 0 Å². The summed E-state index contributed by atoms with van der Waals surface area (Å²) < 4.78 is 0. The first-order valence-corrected chi connectivity index (χ1v) is 6.83. The second-order valence-electron chi connectivity index (χ2n) is 5.73. The lowest BCUT2D eigenvalue weighted by atomic mass is 9.92. The maximum Gasteiger partial charge on any atom is 0.0139 e. The van der Waals surface area contributed by atoms with E-state index in [4.69, 9.17) is 5.73 Å². The van der Waals surface area contributed by atoms with Crippen LogP contribution in [0.15, 0.2) is 6.07 Å². The second-order valence-corrected chi connectivity index (χ2v) is 5.73. The quantitative estimate of drug-likeness (QED) is 0.868. The largest absolute Gasteiger partial charge is 0.327 e.